The molecule has 3 nitrogen and oxygen atoms in total. The summed E-state index contributed by atoms with van der Waals surface area (Å²) in [5.74, 6) is 0. The van der Waals surface area contributed by atoms with E-state index in [1.165, 1.54) is 0 Å². The highest BCUT2D eigenvalue weighted by atomic mass is 127. The molecule has 0 aliphatic carbocycles. The summed E-state index contributed by atoms with van der Waals surface area (Å²) >= 11 is 1.66. The molecule has 3 rings (SSSR count). The van der Waals surface area contributed by atoms with Gasteiger partial charge in [-0.15, -0.1) is 11.3 Å². The van der Waals surface area contributed by atoms with Gasteiger partial charge in [-0.3, -0.25) is 4.79 Å². The van der Waals surface area contributed by atoms with Crippen LogP contribution in [0.15, 0.2) is 47.3 Å². The number of halogens is 1. The second-order valence-electron chi connectivity index (χ2n) is 6.82. The molecule has 0 bridgehead atoms. The number of quaternary nitrogens is 1. The highest BCUT2D eigenvalue weighted by molar-refractivity contribution is 7.24. The maximum absolute atomic E-state index is 12.7. The molecular weight excluding hydrogens is 433 g/mol. The van der Waals surface area contributed by atoms with Crippen molar-refractivity contribution in [2.45, 2.75) is 6.61 Å². The molecule has 0 spiro atoms. The Hall–Kier alpha value is -1.02. The van der Waals surface area contributed by atoms with E-state index in [9.17, 15) is 4.79 Å². The Morgan fingerprint density at radius 1 is 1.00 bits per heavy atom. The number of fused-ring (bicyclic) bond motifs is 2. The van der Waals surface area contributed by atoms with Gasteiger partial charge in [-0.25, -0.2) is 0 Å². The molecule has 2 aromatic carbocycles. The lowest BCUT2D eigenvalue weighted by Crippen LogP contribution is -3.00. The summed E-state index contributed by atoms with van der Waals surface area (Å²) in [5, 5.41) is 1.59. The molecule has 0 saturated carbocycles. The molecule has 24 heavy (non-hydrogen) atoms. The molecule has 3 aromatic rings. The second kappa shape index (κ2) is 7.91. The van der Waals surface area contributed by atoms with Gasteiger partial charge in [-0.2, -0.15) is 0 Å². The van der Waals surface area contributed by atoms with Crippen molar-refractivity contribution in [1.82, 2.24) is 0 Å². The average Bonchev–Trinajstić information content (AvgIpc) is 2.51. The summed E-state index contributed by atoms with van der Waals surface area (Å²) in [7, 11) is 6.45. The molecule has 5 heteroatoms. The van der Waals surface area contributed by atoms with Crippen molar-refractivity contribution >= 4 is 31.5 Å². The first kappa shape index (κ1) is 19.3. The number of hydrogen-bond acceptors (Lipinski definition) is 3. The summed E-state index contributed by atoms with van der Waals surface area (Å²) in [6, 6.07) is 13.9. The summed E-state index contributed by atoms with van der Waals surface area (Å²) in [4.78, 5) is 12.7. The van der Waals surface area contributed by atoms with Crippen LogP contribution in [0.2, 0.25) is 0 Å². The maximum Gasteiger partial charge on any atom is 0.195 e. The van der Waals surface area contributed by atoms with Gasteiger partial charge in [-0.1, -0.05) is 18.2 Å². The molecule has 1 heterocycles. The summed E-state index contributed by atoms with van der Waals surface area (Å²) in [6.45, 7) is 2.23. The van der Waals surface area contributed by atoms with E-state index in [1.807, 2.05) is 36.4 Å². The molecule has 128 valence electrons. The Labute approximate surface area is 163 Å². The van der Waals surface area contributed by atoms with Crippen molar-refractivity contribution in [3.63, 3.8) is 0 Å². The van der Waals surface area contributed by atoms with E-state index in [1.54, 1.807) is 11.3 Å². The minimum Gasteiger partial charge on any atom is -1.00 e. The number of ether oxygens (including phenoxy) is 1. The zero-order chi connectivity index (χ0) is 16.4. The van der Waals surface area contributed by atoms with E-state index in [2.05, 4.69) is 27.2 Å². The summed E-state index contributed by atoms with van der Waals surface area (Å²) < 4.78 is 8.71. The van der Waals surface area contributed by atoms with Gasteiger partial charge in [0.05, 0.1) is 34.4 Å². The van der Waals surface area contributed by atoms with Crippen LogP contribution < -0.4 is 29.4 Å². The molecule has 0 fully saturated rings. The monoisotopic (exact) mass is 455 g/mol. The largest absolute Gasteiger partial charge is 1.00 e. The SMILES string of the molecule is C[N+](C)(C)CCOCc1ccc2sc3ccccc3c(=O)c2c1.[I-]. The van der Waals surface area contributed by atoms with Crippen molar-refractivity contribution in [3.05, 3.63) is 58.3 Å². The van der Waals surface area contributed by atoms with Gasteiger partial charge < -0.3 is 33.2 Å². The quantitative estimate of drug-likeness (QED) is 0.245. The van der Waals surface area contributed by atoms with E-state index in [0.717, 1.165) is 36.8 Å². The van der Waals surface area contributed by atoms with Gasteiger partial charge in [0.2, 0.25) is 0 Å². The van der Waals surface area contributed by atoms with E-state index < -0.39 is 0 Å². The lowest BCUT2D eigenvalue weighted by molar-refractivity contribution is -0.870. The predicted octanol–water partition coefficient (Wildman–Crippen LogP) is 0.641. The molecule has 0 amide bonds. The smallest absolute Gasteiger partial charge is 0.195 e. The zero-order valence-corrected chi connectivity index (χ0v) is 17.2. The van der Waals surface area contributed by atoms with Gasteiger partial charge >= 0.3 is 0 Å². The number of nitrogens with zero attached hydrogens (tertiary/aromatic N) is 1. The van der Waals surface area contributed by atoms with Gasteiger partial charge in [0, 0.05) is 20.2 Å². The lowest BCUT2D eigenvalue weighted by atomic mass is 10.1. The van der Waals surface area contributed by atoms with Crippen LogP contribution in [0.3, 0.4) is 0 Å². The van der Waals surface area contributed by atoms with Crippen LogP contribution in [0.4, 0.5) is 0 Å². The van der Waals surface area contributed by atoms with E-state index in [-0.39, 0.29) is 29.4 Å². The van der Waals surface area contributed by atoms with Crippen LogP contribution >= 0.6 is 11.3 Å². The number of hydrogen-bond donors (Lipinski definition) is 0. The number of rotatable bonds is 5. The van der Waals surface area contributed by atoms with Crippen LogP contribution in [0.5, 0.6) is 0 Å². The fraction of sp³-hybridized carbons (Fsp3) is 0.316. The average molecular weight is 455 g/mol. The zero-order valence-electron chi connectivity index (χ0n) is 14.2. The Kier molecular flexibility index (Phi) is 6.36. The Morgan fingerprint density at radius 3 is 2.46 bits per heavy atom. The first-order valence-electron chi connectivity index (χ1n) is 7.77. The third kappa shape index (κ3) is 4.53. The van der Waals surface area contributed by atoms with Crippen molar-refractivity contribution in [2.24, 2.45) is 0 Å². The molecule has 0 aliphatic rings. The van der Waals surface area contributed by atoms with Crippen LogP contribution in [-0.2, 0) is 11.3 Å². The third-order valence-corrected chi connectivity index (χ3v) is 4.97. The first-order chi connectivity index (χ1) is 10.9. The molecular formula is C19H22INO2S. The van der Waals surface area contributed by atoms with Crippen LogP contribution in [0.1, 0.15) is 5.56 Å². The van der Waals surface area contributed by atoms with Gasteiger partial charge in [0.25, 0.3) is 0 Å². The minimum atomic E-state index is 0. The van der Waals surface area contributed by atoms with Gasteiger partial charge in [-0.05, 0) is 29.8 Å². The Morgan fingerprint density at radius 2 is 1.71 bits per heavy atom. The van der Waals surface area contributed by atoms with Gasteiger partial charge in [0.15, 0.2) is 5.43 Å². The predicted molar refractivity (Wildman–Crippen MR) is 98.2 cm³/mol. The molecule has 0 atom stereocenters. The highest BCUT2D eigenvalue weighted by Gasteiger charge is 2.08. The van der Waals surface area contributed by atoms with Crippen molar-refractivity contribution in [1.29, 1.82) is 0 Å². The topological polar surface area (TPSA) is 26.3 Å². The van der Waals surface area contributed by atoms with Crippen LogP contribution in [0.25, 0.3) is 20.2 Å². The van der Waals surface area contributed by atoms with Gasteiger partial charge in [0.1, 0.15) is 6.54 Å². The van der Waals surface area contributed by atoms with Crippen molar-refractivity contribution in [3.8, 4) is 0 Å². The van der Waals surface area contributed by atoms with Crippen molar-refractivity contribution < 1.29 is 33.2 Å². The van der Waals surface area contributed by atoms with E-state index >= 15 is 0 Å². The standard InChI is InChI=1S/C19H22NO2S.HI/c1-20(2,3)10-11-22-13-14-8-9-18-16(12-14)19(21)15-6-4-5-7-17(15)23-18;/h4-9,12H,10-11,13H2,1-3H3;1H/q+1;/p-1. The third-order valence-electron chi connectivity index (χ3n) is 3.82. The molecule has 0 radical (unpaired) electrons. The number of likely N-dealkylation sites (N-methyl/N-ethyl adjacent to an activating group) is 1. The summed E-state index contributed by atoms with van der Waals surface area (Å²) in [6.07, 6.45) is 0. The fourth-order valence-electron chi connectivity index (χ4n) is 2.47. The van der Waals surface area contributed by atoms with Crippen molar-refractivity contribution in [2.75, 3.05) is 34.3 Å². The highest BCUT2D eigenvalue weighted by Crippen LogP contribution is 2.25. The first-order valence-corrected chi connectivity index (χ1v) is 8.58. The Balaban J connectivity index is 0.00000208. The maximum atomic E-state index is 12.7. The minimum absolute atomic E-state index is 0. The summed E-state index contributed by atoms with van der Waals surface area (Å²) in [5.41, 5.74) is 1.17. The normalized spacial score (nSPS) is 11.6. The van der Waals surface area contributed by atoms with Crippen LogP contribution in [0, 0.1) is 0 Å². The van der Waals surface area contributed by atoms with E-state index in [0.29, 0.717) is 13.2 Å². The van der Waals surface area contributed by atoms with Crippen LogP contribution in [-0.4, -0.2) is 38.8 Å². The number of benzene rings is 2. The molecule has 0 aliphatic heterocycles. The molecule has 0 saturated heterocycles. The lowest BCUT2D eigenvalue weighted by Gasteiger charge is -2.23. The molecule has 1 aromatic heterocycles. The second-order valence-corrected chi connectivity index (χ2v) is 7.91. The molecule has 0 unspecified atom stereocenters. The van der Waals surface area contributed by atoms with E-state index in [4.69, 9.17) is 4.74 Å². The fourth-order valence-corrected chi connectivity index (χ4v) is 3.52. The Bertz CT molecular complexity index is 899. The molecule has 0 N–H and O–H groups in total.